The van der Waals surface area contributed by atoms with Crippen molar-refractivity contribution in [2.24, 2.45) is 0 Å². The molecule has 2 heterocycles. The molecule has 120 valence electrons. The molecule has 8 heteroatoms. The lowest BCUT2D eigenvalue weighted by atomic mass is 10.1. The third-order valence-corrected chi connectivity index (χ3v) is 4.15. The van der Waals surface area contributed by atoms with Crippen molar-refractivity contribution in [2.75, 3.05) is 10.6 Å². The molecule has 7 nitrogen and oxygen atoms in total. The van der Waals surface area contributed by atoms with Crippen LogP contribution >= 0.6 is 11.6 Å². The number of hydrogen-bond acceptors (Lipinski definition) is 4. The van der Waals surface area contributed by atoms with E-state index in [0.717, 1.165) is 5.56 Å². The molecular formula is C15H16ClN5O2. The molecule has 1 atom stereocenters. The third-order valence-electron chi connectivity index (χ3n) is 3.74. The SMILES string of the molecule is CCc1nc2n(n1)[C@@H](CC(=O)Nc1cccc(Cl)c1C)C(=O)N2. The number of fused-ring (bicyclic) bond motifs is 1. The van der Waals surface area contributed by atoms with Crippen molar-refractivity contribution in [1.82, 2.24) is 14.8 Å². The van der Waals surface area contributed by atoms with Crippen LogP contribution in [0.1, 0.15) is 30.8 Å². The highest BCUT2D eigenvalue weighted by atomic mass is 35.5. The van der Waals surface area contributed by atoms with E-state index in [1.807, 2.05) is 13.8 Å². The van der Waals surface area contributed by atoms with Gasteiger partial charge in [-0.3, -0.25) is 14.9 Å². The van der Waals surface area contributed by atoms with E-state index < -0.39 is 6.04 Å². The fourth-order valence-corrected chi connectivity index (χ4v) is 2.60. The predicted octanol–water partition coefficient (Wildman–Crippen LogP) is 2.32. The van der Waals surface area contributed by atoms with Gasteiger partial charge in [-0.05, 0) is 24.6 Å². The molecule has 0 bridgehead atoms. The van der Waals surface area contributed by atoms with Gasteiger partial charge in [-0.25, -0.2) is 4.68 Å². The minimum atomic E-state index is -0.683. The van der Waals surface area contributed by atoms with Gasteiger partial charge in [0.15, 0.2) is 5.82 Å². The number of nitrogens with zero attached hydrogens (tertiary/aromatic N) is 3. The van der Waals surface area contributed by atoms with Crippen LogP contribution in [0.4, 0.5) is 11.6 Å². The summed E-state index contributed by atoms with van der Waals surface area (Å²) < 4.78 is 1.48. The molecule has 23 heavy (non-hydrogen) atoms. The standard InChI is InChI=1S/C15H16ClN5O2/c1-3-12-18-15-19-14(23)11(21(15)20-12)7-13(22)17-10-6-4-5-9(16)8(10)2/h4-6,11H,3,7H2,1-2H3,(H,17,22)(H,18,19,20,23)/t11-/m0/s1. The molecule has 0 saturated heterocycles. The molecule has 0 spiro atoms. The number of carbonyl (C=O) groups is 2. The zero-order chi connectivity index (χ0) is 16.6. The van der Waals surface area contributed by atoms with Crippen molar-refractivity contribution >= 4 is 35.1 Å². The minimum absolute atomic E-state index is 0.0166. The van der Waals surface area contributed by atoms with E-state index in [1.165, 1.54) is 4.68 Å². The molecule has 3 rings (SSSR count). The molecule has 1 aromatic heterocycles. The number of anilines is 2. The van der Waals surface area contributed by atoms with E-state index in [4.69, 9.17) is 11.6 Å². The minimum Gasteiger partial charge on any atom is -0.326 e. The number of carbonyl (C=O) groups excluding carboxylic acids is 2. The second-order valence-corrected chi connectivity index (χ2v) is 5.73. The summed E-state index contributed by atoms with van der Waals surface area (Å²) in [5.74, 6) is 0.470. The van der Waals surface area contributed by atoms with E-state index in [2.05, 4.69) is 20.7 Å². The molecule has 0 radical (unpaired) electrons. The first kappa shape index (κ1) is 15.5. The molecule has 1 aromatic carbocycles. The van der Waals surface area contributed by atoms with Gasteiger partial charge in [0.2, 0.25) is 11.9 Å². The fraction of sp³-hybridized carbons (Fsp3) is 0.333. The Morgan fingerprint density at radius 2 is 2.26 bits per heavy atom. The van der Waals surface area contributed by atoms with Crippen molar-refractivity contribution in [3.05, 3.63) is 34.6 Å². The number of hydrogen-bond donors (Lipinski definition) is 2. The van der Waals surface area contributed by atoms with Gasteiger partial charge >= 0.3 is 0 Å². The number of rotatable bonds is 4. The molecular weight excluding hydrogens is 318 g/mol. The first-order valence-electron chi connectivity index (χ1n) is 7.31. The van der Waals surface area contributed by atoms with E-state index in [9.17, 15) is 9.59 Å². The Morgan fingerprint density at radius 1 is 1.48 bits per heavy atom. The van der Waals surface area contributed by atoms with Gasteiger partial charge < -0.3 is 5.32 Å². The Balaban J connectivity index is 1.74. The average Bonchev–Trinajstić information content (AvgIpc) is 3.03. The lowest BCUT2D eigenvalue weighted by molar-refractivity contribution is -0.123. The van der Waals surface area contributed by atoms with Crippen molar-refractivity contribution in [1.29, 1.82) is 0 Å². The van der Waals surface area contributed by atoms with Crippen molar-refractivity contribution < 1.29 is 9.59 Å². The van der Waals surface area contributed by atoms with Gasteiger partial charge in [-0.1, -0.05) is 24.6 Å². The molecule has 0 saturated carbocycles. The Labute approximate surface area is 138 Å². The molecule has 1 aliphatic heterocycles. The summed E-state index contributed by atoms with van der Waals surface area (Å²) in [4.78, 5) is 28.5. The Bertz CT molecular complexity index is 786. The van der Waals surface area contributed by atoms with Gasteiger partial charge in [0, 0.05) is 17.1 Å². The van der Waals surface area contributed by atoms with Gasteiger partial charge in [-0.15, -0.1) is 0 Å². The first-order chi connectivity index (χ1) is 11.0. The predicted molar refractivity (Wildman–Crippen MR) is 86.5 cm³/mol. The average molecular weight is 334 g/mol. The van der Waals surface area contributed by atoms with Crippen LogP contribution < -0.4 is 10.6 Å². The maximum Gasteiger partial charge on any atom is 0.252 e. The lowest BCUT2D eigenvalue weighted by Gasteiger charge is -2.12. The van der Waals surface area contributed by atoms with Crippen LogP contribution in [-0.2, 0) is 16.0 Å². The Kier molecular flexibility index (Phi) is 4.04. The summed E-state index contributed by atoms with van der Waals surface area (Å²) in [6.45, 7) is 3.75. The van der Waals surface area contributed by atoms with Crippen molar-refractivity contribution in [3.63, 3.8) is 0 Å². The van der Waals surface area contributed by atoms with E-state index in [-0.39, 0.29) is 18.2 Å². The van der Waals surface area contributed by atoms with Crippen molar-refractivity contribution in [3.8, 4) is 0 Å². The molecule has 2 aromatic rings. The highest BCUT2D eigenvalue weighted by Gasteiger charge is 2.34. The van der Waals surface area contributed by atoms with Crippen LogP contribution in [-0.4, -0.2) is 26.6 Å². The molecule has 0 fully saturated rings. The summed E-state index contributed by atoms with van der Waals surface area (Å²) >= 11 is 6.04. The Hall–Kier alpha value is -2.41. The number of benzene rings is 1. The van der Waals surface area contributed by atoms with E-state index in [0.29, 0.717) is 28.9 Å². The van der Waals surface area contributed by atoms with Crippen LogP contribution in [0.25, 0.3) is 0 Å². The van der Waals surface area contributed by atoms with Crippen LogP contribution in [0.5, 0.6) is 0 Å². The zero-order valence-corrected chi connectivity index (χ0v) is 13.5. The number of aryl methyl sites for hydroxylation is 1. The summed E-state index contributed by atoms with van der Waals surface area (Å²) in [5, 5.41) is 10.3. The number of amides is 2. The summed E-state index contributed by atoms with van der Waals surface area (Å²) in [6.07, 6.45) is 0.647. The van der Waals surface area contributed by atoms with Crippen molar-refractivity contribution in [2.45, 2.75) is 32.7 Å². The molecule has 0 aliphatic carbocycles. The lowest BCUT2D eigenvalue weighted by Crippen LogP contribution is -2.24. The van der Waals surface area contributed by atoms with Gasteiger partial charge in [0.25, 0.3) is 5.91 Å². The normalized spacial score (nSPS) is 16.1. The summed E-state index contributed by atoms with van der Waals surface area (Å²) in [6, 6.07) is 4.60. The van der Waals surface area contributed by atoms with Crippen LogP contribution in [0.2, 0.25) is 5.02 Å². The highest BCUT2D eigenvalue weighted by Crippen LogP contribution is 2.27. The Morgan fingerprint density at radius 3 is 3.00 bits per heavy atom. The molecule has 0 unspecified atom stereocenters. The quantitative estimate of drug-likeness (QED) is 0.898. The van der Waals surface area contributed by atoms with E-state index >= 15 is 0 Å². The fourth-order valence-electron chi connectivity index (χ4n) is 2.42. The zero-order valence-electron chi connectivity index (χ0n) is 12.8. The highest BCUT2D eigenvalue weighted by molar-refractivity contribution is 6.31. The number of halogens is 1. The van der Waals surface area contributed by atoms with Gasteiger partial charge in [0.05, 0.1) is 6.42 Å². The molecule has 2 N–H and O–H groups in total. The largest absolute Gasteiger partial charge is 0.326 e. The topological polar surface area (TPSA) is 88.9 Å². The third kappa shape index (κ3) is 2.92. The molecule has 2 amide bonds. The van der Waals surface area contributed by atoms with Gasteiger partial charge in [0.1, 0.15) is 6.04 Å². The van der Waals surface area contributed by atoms with Crippen LogP contribution in [0, 0.1) is 6.92 Å². The van der Waals surface area contributed by atoms with Gasteiger partial charge in [-0.2, -0.15) is 10.1 Å². The maximum atomic E-state index is 12.3. The summed E-state index contributed by atoms with van der Waals surface area (Å²) in [5.41, 5.74) is 1.42. The number of aromatic nitrogens is 3. The van der Waals surface area contributed by atoms with E-state index in [1.54, 1.807) is 18.2 Å². The first-order valence-corrected chi connectivity index (χ1v) is 7.68. The second kappa shape index (κ2) is 6.00. The number of nitrogens with one attached hydrogen (secondary N) is 2. The monoisotopic (exact) mass is 333 g/mol. The van der Waals surface area contributed by atoms with Crippen LogP contribution in [0.15, 0.2) is 18.2 Å². The molecule has 1 aliphatic rings. The smallest absolute Gasteiger partial charge is 0.252 e. The second-order valence-electron chi connectivity index (χ2n) is 5.32. The van der Waals surface area contributed by atoms with Crippen LogP contribution in [0.3, 0.4) is 0 Å². The summed E-state index contributed by atoms with van der Waals surface area (Å²) in [7, 11) is 0. The maximum absolute atomic E-state index is 12.3.